The van der Waals surface area contributed by atoms with Gasteiger partial charge in [0.05, 0.1) is 0 Å². The number of nitrogens with zero attached hydrogens (tertiary/aromatic N) is 1. The Morgan fingerprint density at radius 2 is 2.23 bits per heavy atom. The Labute approximate surface area is 87.2 Å². The second-order valence-electron chi connectivity index (χ2n) is 2.34. The average Bonchev–Trinajstić information content (AvgIpc) is 2.03. The number of anilines is 1. The topological polar surface area (TPSA) is 38.9 Å². The van der Waals surface area contributed by atoms with Crippen molar-refractivity contribution in [3.05, 3.63) is 22.5 Å². The van der Waals surface area contributed by atoms with Crippen LogP contribution in [0.1, 0.15) is 17.7 Å². The molecule has 1 rings (SSSR count). The number of halogens is 4. The summed E-state index contributed by atoms with van der Waals surface area (Å²) in [6, 6.07) is 1.13. The molecule has 0 atom stereocenters. The van der Waals surface area contributed by atoms with Crippen LogP contribution in [0.5, 0.6) is 0 Å². The molecule has 1 aromatic heterocycles. The highest BCUT2D eigenvalue weighted by atomic mass is 79.9. The molecular formula is C7H6BrClF2N2. The van der Waals surface area contributed by atoms with Crippen LogP contribution in [0.15, 0.2) is 6.07 Å². The van der Waals surface area contributed by atoms with Crippen LogP contribution in [0.3, 0.4) is 0 Å². The van der Waals surface area contributed by atoms with Gasteiger partial charge in [0.1, 0.15) is 10.8 Å². The maximum Gasteiger partial charge on any atom is 0.280 e. The molecule has 6 heteroatoms. The summed E-state index contributed by atoms with van der Waals surface area (Å²) in [7, 11) is 0. The van der Waals surface area contributed by atoms with Crippen molar-refractivity contribution in [3.63, 3.8) is 0 Å². The van der Waals surface area contributed by atoms with Crippen molar-refractivity contribution >= 4 is 33.2 Å². The molecule has 72 valence electrons. The molecule has 0 fully saturated rings. The fourth-order valence-electron chi connectivity index (χ4n) is 0.823. The summed E-state index contributed by atoms with van der Waals surface area (Å²) in [4.78, 5) is 3.51. The summed E-state index contributed by atoms with van der Waals surface area (Å²) in [5, 5.41) is 0.418. The molecule has 2 nitrogen and oxygen atoms in total. The lowest BCUT2D eigenvalue weighted by Crippen LogP contribution is -1.99. The molecule has 0 spiro atoms. The first kappa shape index (κ1) is 10.7. The Kier molecular flexibility index (Phi) is 3.44. The maximum absolute atomic E-state index is 12.2. The molecule has 0 aliphatic rings. The van der Waals surface area contributed by atoms with Gasteiger partial charge in [-0.25, -0.2) is 13.8 Å². The van der Waals surface area contributed by atoms with Crippen molar-refractivity contribution in [1.29, 1.82) is 0 Å². The van der Waals surface area contributed by atoms with Gasteiger partial charge in [-0.15, -0.1) is 0 Å². The minimum Gasteiger partial charge on any atom is -0.398 e. The van der Waals surface area contributed by atoms with E-state index in [9.17, 15) is 8.78 Å². The highest BCUT2D eigenvalue weighted by molar-refractivity contribution is 9.08. The van der Waals surface area contributed by atoms with Crippen LogP contribution in [0, 0.1) is 0 Å². The fraction of sp³-hybridized carbons (Fsp3) is 0.286. The van der Waals surface area contributed by atoms with E-state index in [4.69, 9.17) is 17.3 Å². The lowest BCUT2D eigenvalue weighted by Gasteiger charge is -2.06. The van der Waals surface area contributed by atoms with Gasteiger partial charge in [-0.05, 0) is 6.07 Å². The smallest absolute Gasteiger partial charge is 0.280 e. The molecule has 0 saturated carbocycles. The van der Waals surface area contributed by atoms with Crippen molar-refractivity contribution in [2.45, 2.75) is 11.8 Å². The summed E-state index contributed by atoms with van der Waals surface area (Å²) < 4.78 is 24.3. The van der Waals surface area contributed by atoms with E-state index in [1.165, 1.54) is 0 Å². The summed E-state index contributed by atoms with van der Waals surface area (Å²) in [6.07, 6.45) is -2.65. The van der Waals surface area contributed by atoms with Crippen molar-refractivity contribution in [1.82, 2.24) is 4.98 Å². The zero-order chi connectivity index (χ0) is 10.0. The van der Waals surface area contributed by atoms with Gasteiger partial charge in [0.2, 0.25) is 0 Å². The molecule has 2 N–H and O–H groups in total. The molecular weight excluding hydrogens is 265 g/mol. The molecule has 0 amide bonds. The standard InChI is InChI=1S/C7H6BrClF2N2/c8-2-3-4(12)1-5(7(10)11)13-6(3)9/h1,7H,2H2,(H2,12,13). The quantitative estimate of drug-likeness (QED) is 0.663. The molecule has 0 aromatic carbocycles. The molecule has 0 saturated heterocycles. The summed E-state index contributed by atoms with van der Waals surface area (Å²) >= 11 is 8.75. The molecule has 0 aliphatic heterocycles. The predicted molar refractivity (Wildman–Crippen MR) is 51.2 cm³/mol. The van der Waals surface area contributed by atoms with E-state index in [0.29, 0.717) is 10.9 Å². The monoisotopic (exact) mass is 270 g/mol. The highest BCUT2D eigenvalue weighted by Gasteiger charge is 2.14. The largest absolute Gasteiger partial charge is 0.398 e. The zero-order valence-electron chi connectivity index (χ0n) is 6.40. The van der Waals surface area contributed by atoms with Gasteiger partial charge >= 0.3 is 0 Å². The van der Waals surface area contributed by atoms with Gasteiger partial charge < -0.3 is 5.73 Å². The van der Waals surface area contributed by atoms with Gasteiger partial charge in [0.15, 0.2) is 0 Å². The van der Waals surface area contributed by atoms with E-state index < -0.39 is 12.1 Å². The Morgan fingerprint density at radius 1 is 1.62 bits per heavy atom. The van der Waals surface area contributed by atoms with E-state index in [0.717, 1.165) is 6.07 Å². The number of nitrogen functional groups attached to an aromatic ring is 1. The van der Waals surface area contributed by atoms with E-state index in [2.05, 4.69) is 20.9 Å². The van der Waals surface area contributed by atoms with Crippen molar-refractivity contribution in [2.24, 2.45) is 0 Å². The minimum atomic E-state index is -2.65. The number of hydrogen-bond donors (Lipinski definition) is 1. The van der Waals surface area contributed by atoms with Crippen LogP contribution < -0.4 is 5.73 Å². The van der Waals surface area contributed by atoms with Gasteiger partial charge in [0.25, 0.3) is 6.43 Å². The van der Waals surface area contributed by atoms with Gasteiger partial charge in [0, 0.05) is 16.6 Å². The Morgan fingerprint density at radius 3 is 2.62 bits per heavy atom. The number of rotatable bonds is 2. The van der Waals surface area contributed by atoms with Crippen molar-refractivity contribution in [3.8, 4) is 0 Å². The predicted octanol–water partition coefficient (Wildman–Crippen LogP) is 3.15. The first-order valence-electron chi connectivity index (χ1n) is 3.35. The lowest BCUT2D eigenvalue weighted by atomic mass is 10.2. The molecule has 0 unspecified atom stereocenters. The third-order valence-electron chi connectivity index (χ3n) is 1.49. The van der Waals surface area contributed by atoms with E-state index in [-0.39, 0.29) is 10.8 Å². The van der Waals surface area contributed by atoms with E-state index >= 15 is 0 Å². The molecule has 0 aliphatic carbocycles. The van der Waals surface area contributed by atoms with Gasteiger partial charge in [-0.1, -0.05) is 27.5 Å². The Bertz CT molecular complexity index is 296. The normalized spacial score (nSPS) is 10.8. The molecule has 13 heavy (non-hydrogen) atoms. The number of aromatic nitrogens is 1. The molecule has 1 heterocycles. The Balaban J connectivity index is 3.20. The summed E-state index contributed by atoms with van der Waals surface area (Å²) in [6.45, 7) is 0. The highest BCUT2D eigenvalue weighted by Crippen LogP contribution is 2.27. The van der Waals surface area contributed by atoms with Crippen LogP contribution in [-0.4, -0.2) is 4.98 Å². The maximum atomic E-state index is 12.2. The second kappa shape index (κ2) is 4.19. The van der Waals surface area contributed by atoms with Gasteiger partial charge in [-0.2, -0.15) is 0 Å². The van der Waals surface area contributed by atoms with Crippen LogP contribution in [0.4, 0.5) is 14.5 Å². The summed E-state index contributed by atoms with van der Waals surface area (Å²) in [5.74, 6) is 0. The Hall–Kier alpha value is -0.420. The van der Waals surface area contributed by atoms with Crippen LogP contribution in [-0.2, 0) is 5.33 Å². The van der Waals surface area contributed by atoms with Crippen LogP contribution >= 0.6 is 27.5 Å². The fourth-order valence-corrected chi connectivity index (χ4v) is 1.85. The lowest BCUT2D eigenvalue weighted by molar-refractivity contribution is 0.146. The zero-order valence-corrected chi connectivity index (χ0v) is 8.74. The molecule has 0 bridgehead atoms. The molecule has 0 radical (unpaired) electrons. The van der Waals surface area contributed by atoms with E-state index in [1.807, 2.05) is 0 Å². The number of pyridine rings is 1. The number of alkyl halides is 3. The second-order valence-corrected chi connectivity index (χ2v) is 3.26. The van der Waals surface area contributed by atoms with Crippen molar-refractivity contribution in [2.75, 3.05) is 5.73 Å². The first-order chi connectivity index (χ1) is 6.06. The first-order valence-corrected chi connectivity index (χ1v) is 4.85. The van der Waals surface area contributed by atoms with Crippen molar-refractivity contribution < 1.29 is 8.78 Å². The van der Waals surface area contributed by atoms with Crippen LogP contribution in [0.2, 0.25) is 5.15 Å². The van der Waals surface area contributed by atoms with E-state index in [1.54, 1.807) is 0 Å². The number of hydrogen-bond acceptors (Lipinski definition) is 2. The van der Waals surface area contributed by atoms with Gasteiger partial charge in [-0.3, -0.25) is 0 Å². The SMILES string of the molecule is Nc1cc(C(F)F)nc(Cl)c1CBr. The third kappa shape index (κ3) is 2.28. The van der Waals surface area contributed by atoms with Crippen LogP contribution in [0.25, 0.3) is 0 Å². The minimum absolute atomic E-state index is 0.0205. The number of nitrogens with two attached hydrogens (primary N) is 1. The molecule has 1 aromatic rings. The average molecular weight is 271 g/mol. The third-order valence-corrected chi connectivity index (χ3v) is 2.36. The summed E-state index contributed by atoms with van der Waals surface area (Å²) in [5.41, 5.74) is 5.85.